The summed E-state index contributed by atoms with van der Waals surface area (Å²) in [6.07, 6.45) is 0. The Morgan fingerprint density at radius 3 is 1.43 bits per heavy atom. The lowest BCUT2D eigenvalue weighted by atomic mass is 9.85. The third-order valence-corrected chi connectivity index (χ3v) is 5.01. The van der Waals surface area contributed by atoms with Crippen molar-refractivity contribution in [2.75, 3.05) is 27.4 Å². The number of aromatic hydroxyl groups is 2. The number of hydrogen-bond donors (Lipinski definition) is 2. The highest BCUT2D eigenvalue weighted by Gasteiger charge is 2.28. The molecule has 0 aliphatic heterocycles. The van der Waals surface area contributed by atoms with E-state index < -0.39 is 11.8 Å². The van der Waals surface area contributed by atoms with Gasteiger partial charge < -0.3 is 29.2 Å². The van der Waals surface area contributed by atoms with Gasteiger partial charge in [0.15, 0.2) is 23.0 Å². The number of Topliss-reactive ketones (excluding diaryl/α,β-unsaturated/α-hetero) is 1. The Morgan fingerprint density at radius 1 is 0.767 bits per heavy atom. The van der Waals surface area contributed by atoms with Crippen LogP contribution in [-0.2, 0) is 4.79 Å². The summed E-state index contributed by atoms with van der Waals surface area (Å²) < 4.78 is 21.6. The maximum atomic E-state index is 13.2. The van der Waals surface area contributed by atoms with Crippen molar-refractivity contribution in [3.8, 4) is 34.5 Å². The number of carbonyl (C=O) groups excluding carboxylic acids is 1. The number of phenolic OH excluding ortho intramolecular Hbond substituents is 2. The van der Waals surface area contributed by atoms with Crippen LogP contribution in [0.1, 0.15) is 50.7 Å². The summed E-state index contributed by atoms with van der Waals surface area (Å²) in [5.74, 6) is 0.0819. The Bertz CT molecular complexity index is 820. The molecule has 0 aromatic heterocycles. The normalized spacial score (nSPS) is 12.7. The van der Waals surface area contributed by atoms with Gasteiger partial charge in [0.05, 0.1) is 27.4 Å². The SMILES string of the molecule is CCOc1cc(O)c(C(C)C(=O)C(C)c2cc(OC)c(OCC)cc2O)cc1OC. The fourth-order valence-electron chi connectivity index (χ4n) is 3.36. The van der Waals surface area contributed by atoms with Crippen molar-refractivity contribution < 1.29 is 34.0 Å². The third-order valence-electron chi connectivity index (χ3n) is 5.01. The van der Waals surface area contributed by atoms with Crippen LogP contribution in [0.25, 0.3) is 0 Å². The van der Waals surface area contributed by atoms with Crippen LogP contribution in [0.15, 0.2) is 24.3 Å². The van der Waals surface area contributed by atoms with Crippen LogP contribution < -0.4 is 18.9 Å². The molecule has 0 fully saturated rings. The van der Waals surface area contributed by atoms with Crippen molar-refractivity contribution in [3.05, 3.63) is 35.4 Å². The Hall–Kier alpha value is -3.09. The maximum absolute atomic E-state index is 13.2. The van der Waals surface area contributed by atoms with E-state index in [1.165, 1.54) is 26.4 Å². The van der Waals surface area contributed by atoms with Gasteiger partial charge in [0.25, 0.3) is 0 Å². The molecule has 2 unspecified atom stereocenters. The molecule has 0 radical (unpaired) electrons. The minimum atomic E-state index is -0.651. The van der Waals surface area contributed by atoms with Gasteiger partial charge in [-0.2, -0.15) is 0 Å². The number of carbonyl (C=O) groups is 1. The molecule has 0 aliphatic rings. The van der Waals surface area contributed by atoms with Crippen molar-refractivity contribution in [3.63, 3.8) is 0 Å². The van der Waals surface area contributed by atoms with Gasteiger partial charge in [0.1, 0.15) is 17.3 Å². The number of methoxy groups -OCH3 is 2. The molecule has 2 aromatic carbocycles. The topological polar surface area (TPSA) is 94.5 Å². The molecule has 0 saturated heterocycles. The van der Waals surface area contributed by atoms with Crippen LogP contribution in [0.5, 0.6) is 34.5 Å². The molecule has 0 aliphatic carbocycles. The number of ether oxygens (including phenoxy) is 4. The summed E-state index contributed by atoms with van der Waals surface area (Å²) in [4.78, 5) is 13.2. The van der Waals surface area contributed by atoms with Gasteiger partial charge >= 0.3 is 0 Å². The minimum absolute atomic E-state index is 0.0548. The molecule has 164 valence electrons. The maximum Gasteiger partial charge on any atom is 0.164 e. The van der Waals surface area contributed by atoms with E-state index in [1.54, 1.807) is 26.0 Å². The first-order valence-corrected chi connectivity index (χ1v) is 9.89. The Morgan fingerprint density at radius 2 is 1.13 bits per heavy atom. The van der Waals surface area contributed by atoms with Crippen LogP contribution in [0, 0.1) is 0 Å². The molecule has 0 spiro atoms. The number of ketones is 1. The molecular formula is C23H30O7. The van der Waals surface area contributed by atoms with Gasteiger partial charge in [-0.25, -0.2) is 0 Å². The van der Waals surface area contributed by atoms with Crippen molar-refractivity contribution >= 4 is 5.78 Å². The van der Waals surface area contributed by atoms with E-state index in [2.05, 4.69) is 0 Å². The third kappa shape index (κ3) is 4.72. The first-order valence-electron chi connectivity index (χ1n) is 9.89. The lowest BCUT2D eigenvalue weighted by Gasteiger charge is -2.21. The molecule has 7 heteroatoms. The van der Waals surface area contributed by atoms with Crippen molar-refractivity contribution in [1.29, 1.82) is 0 Å². The smallest absolute Gasteiger partial charge is 0.164 e. The predicted octanol–water partition coefficient (Wildman–Crippen LogP) is 4.39. The fraction of sp³-hybridized carbons (Fsp3) is 0.435. The molecular weight excluding hydrogens is 388 g/mol. The number of phenols is 2. The van der Waals surface area contributed by atoms with E-state index in [4.69, 9.17) is 18.9 Å². The molecule has 0 amide bonds. The monoisotopic (exact) mass is 418 g/mol. The Labute approximate surface area is 177 Å². The Balaban J connectivity index is 2.39. The largest absolute Gasteiger partial charge is 0.508 e. The van der Waals surface area contributed by atoms with E-state index in [-0.39, 0.29) is 17.3 Å². The standard InChI is InChI=1S/C23H30O7/c1-7-29-21-11-17(24)15(9-19(21)27-5)13(3)23(26)14(4)16-10-20(28-6)22(30-8-2)12-18(16)25/h9-14,24-25H,7-8H2,1-6H3. The van der Waals surface area contributed by atoms with Crippen LogP contribution in [0.3, 0.4) is 0 Å². The highest BCUT2D eigenvalue weighted by Crippen LogP contribution is 2.42. The number of hydrogen-bond acceptors (Lipinski definition) is 7. The molecule has 2 N–H and O–H groups in total. The average molecular weight is 418 g/mol. The van der Waals surface area contributed by atoms with E-state index in [9.17, 15) is 15.0 Å². The molecule has 2 atom stereocenters. The summed E-state index contributed by atoms with van der Waals surface area (Å²) in [7, 11) is 3.00. The highest BCUT2D eigenvalue weighted by molar-refractivity contribution is 5.92. The zero-order valence-corrected chi connectivity index (χ0v) is 18.3. The lowest BCUT2D eigenvalue weighted by molar-refractivity contribution is -0.121. The predicted molar refractivity (Wildman–Crippen MR) is 113 cm³/mol. The second kappa shape index (κ2) is 10.1. The van der Waals surface area contributed by atoms with E-state index in [1.807, 2.05) is 13.8 Å². The van der Waals surface area contributed by atoms with Gasteiger partial charge in [0, 0.05) is 35.1 Å². The molecule has 0 heterocycles. The Kier molecular flexibility index (Phi) is 7.80. The first kappa shape index (κ1) is 23.2. The average Bonchev–Trinajstić information content (AvgIpc) is 2.73. The number of benzene rings is 2. The quantitative estimate of drug-likeness (QED) is 0.591. The van der Waals surface area contributed by atoms with E-state index in [0.29, 0.717) is 47.3 Å². The zero-order chi connectivity index (χ0) is 22.4. The fourth-order valence-corrected chi connectivity index (χ4v) is 3.36. The molecule has 2 aromatic rings. The summed E-state index contributed by atoms with van der Waals surface area (Å²) in [5, 5.41) is 20.9. The molecule has 0 bridgehead atoms. The second-order valence-corrected chi connectivity index (χ2v) is 6.84. The van der Waals surface area contributed by atoms with Crippen molar-refractivity contribution in [1.82, 2.24) is 0 Å². The van der Waals surface area contributed by atoms with Gasteiger partial charge in [-0.05, 0) is 26.0 Å². The first-order chi connectivity index (χ1) is 14.3. The number of rotatable bonds is 10. The van der Waals surface area contributed by atoms with Gasteiger partial charge in [0.2, 0.25) is 0 Å². The van der Waals surface area contributed by atoms with Crippen LogP contribution in [0.2, 0.25) is 0 Å². The van der Waals surface area contributed by atoms with E-state index >= 15 is 0 Å². The van der Waals surface area contributed by atoms with Gasteiger partial charge in [-0.3, -0.25) is 4.79 Å². The molecule has 0 saturated carbocycles. The van der Waals surface area contributed by atoms with Crippen molar-refractivity contribution in [2.45, 2.75) is 39.5 Å². The van der Waals surface area contributed by atoms with Crippen LogP contribution in [0.4, 0.5) is 0 Å². The van der Waals surface area contributed by atoms with Gasteiger partial charge in [-0.1, -0.05) is 13.8 Å². The zero-order valence-electron chi connectivity index (χ0n) is 18.3. The van der Waals surface area contributed by atoms with Crippen LogP contribution >= 0.6 is 0 Å². The van der Waals surface area contributed by atoms with Crippen LogP contribution in [-0.4, -0.2) is 43.4 Å². The minimum Gasteiger partial charge on any atom is -0.508 e. The summed E-state index contributed by atoms with van der Waals surface area (Å²) in [6.45, 7) is 7.90. The molecule has 7 nitrogen and oxygen atoms in total. The highest BCUT2D eigenvalue weighted by atomic mass is 16.5. The van der Waals surface area contributed by atoms with Gasteiger partial charge in [-0.15, -0.1) is 0 Å². The lowest BCUT2D eigenvalue weighted by Crippen LogP contribution is -2.17. The van der Waals surface area contributed by atoms with E-state index in [0.717, 1.165) is 0 Å². The second-order valence-electron chi connectivity index (χ2n) is 6.84. The summed E-state index contributed by atoms with van der Waals surface area (Å²) in [6, 6.07) is 6.11. The summed E-state index contributed by atoms with van der Waals surface area (Å²) >= 11 is 0. The van der Waals surface area contributed by atoms with Crippen molar-refractivity contribution in [2.24, 2.45) is 0 Å². The summed E-state index contributed by atoms with van der Waals surface area (Å²) in [5.41, 5.74) is 0.842. The molecule has 2 rings (SSSR count). The molecule has 30 heavy (non-hydrogen) atoms.